The molecular weight excluding hydrogens is 422 g/mol. The van der Waals surface area contributed by atoms with Gasteiger partial charge in [-0.25, -0.2) is 0 Å². The lowest BCUT2D eigenvalue weighted by atomic mass is 10.1. The molecule has 8 heteroatoms. The monoisotopic (exact) mass is 455 g/mol. The van der Waals surface area contributed by atoms with Crippen molar-refractivity contribution in [3.8, 4) is 17.2 Å². The number of rotatable bonds is 10. The second-order valence-corrected chi connectivity index (χ2v) is 7.88. The predicted molar refractivity (Wildman–Crippen MR) is 126 cm³/mol. The fraction of sp³-hybridized carbons (Fsp3) is 0.440. The minimum absolute atomic E-state index is 0.109. The average Bonchev–Trinajstić information content (AvgIpc) is 2.86. The van der Waals surface area contributed by atoms with Gasteiger partial charge in [0.1, 0.15) is 0 Å². The molecule has 0 atom stereocenters. The summed E-state index contributed by atoms with van der Waals surface area (Å²) < 4.78 is 16.4. The molecular formula is C25H33N3O5. The van der Waals surface area contributed by atoms with Crippen molar-refractivity contribution >= 4 is 11.8 Å². The number of amides is 2. The van der Waals surface area contributed by atoms with E-state index in [1.165, 1.54) is 0 Å². The molecule has 33 heavy (non-hydrogen) atoms. The molecule has 0 unspecified atom stereocenters. The lowest BCUT2D eigenvalue weighted by molar-refractivity contribution is -0.133. The molecule has 8 nitrogen and oxygen atoms in total. The molecule has 0 radical (unpaired) electrons. The number of ether oxygens (including phenoxy) is 3. The summed E-state index contributed by atoms with van der Waals surface area (Å²) in [6.45, 7) is 4.13. The van der Waals surface area contributed by atoms with Crippen LogP contribution in [0.4, 0.5) is 0 Å². The van der Waals surface area contributed by atoms with E-state index < -0.39 is 0 Å². The van der Waals surface area contributed by atoms with Crippen molar-refractivity contribution in [2.75, 3.05) is 54.1 Å². The number of hydrogen-bond donors (Lipinski definition) is 1. The van der Waals surface area contributed by atoms with E-state index in [0.29, 0.717) is 61.8 Å². The lowest BCUT2D eigenvalue weighted by Crippen LogP contribution is -2.48. The van der Waals surface area contributed by atoms with E-state index in [-0.39, 0.29) is 11.8 Å². The molecule has 3 rings (SSSR count). The Labute approximate surface area is 195 Å². The molecule has 0 aliphatic carbocycles. The first-order valence-corrected chi connectivity index (χ1v) is 11.2. The number of carbonyl (C=O) groups is 2. The molecule has 1 aliphatic rings. The zero-order chi connectivity index (χ0) is 23.6. The van der Waals surface area contributed by atoms with Crippen LogP contribution in [-0.2, 0) is 11.3 Å². The van der Waals surface area contributed by atoms with Crippen molar-refractivity contribution in [2.45, 2.75) is 19.4 Å². The maximum absolute atomic E-state index is 12.6. The van der Waals surface area contributed by atoms with Crippen LogP contribution in [-0.4, -0.2) is 75.7 Å². The van der Waals surface area contributed by atoms with Crippen molar-refractivity contribution in [1.82, 2.24) is 15.1 Å². The third kappa shape index (κ3) is 6.38. The molecule has 1 N–H and O–H groups in total. The Morgan fingerprint density at radius 3 is 2.21 bits per heavy atom. The number of methoxy groups -OCH3 is 3. The highest BCUT2D eigenvalue weighted by Crippen LogP contribution is 2.40. The molecule has 2 aromatic rings. The number of benzene rings is 2. The summed E-state index contributed by atoms with van der Waals surface area (Å²) in [7, 11) is 4.83. The number of carbonyl (C=O) groups excluding carboxylic acids is 2. The number of nitrogens with zero attached hydrogens (tertiary/aromatic N) is 2. The molecule has 1 aliphatic heterocycles. The Bertz CT molecular complexity index is 927. The molecule has 2 aromatic carbocycles. The molecule has 2 amide bonds. The Kier molecular flexibility index (Phi) is 8.95. The van der Waals surface area contributed by atoms with Gasteiger partial charge in [-0.15, -0.1) is 0 Å². The van der Waals surface area contributed by atoms with Gasteiger partial charge in [-0.3, -0.25) is 14.5 Å². The van der Waals surface area contributed by atoms with E-state index in [4.69, 9.17) is 14.2 Å². The van der Waals surface area contributed by atoms with Gasteiger partial charge in [0.25, 0.3) is 5.91 Å². The van der Waals surface area contributed by atoms with Gasteiger partial charge >= 0.3 is 0 Å². The van der Waals surface area contributed by atoms with Gasteiger partial charge in [-0.05, 0) is 24.6 Å². The van der Waals surface area contributed by atoms with Crippen molar-refractivity contribution < 1.29 is 23.8 Å². The highest BCUT2D eigenvalue weighted by Gasteiger charge is 2.23. The number of piperazine rings is 1. The fourth-order valence-electron chi connectivity index (χ4n) is 3.98. The maximum atomic E-state index is 12.6. The van der Waals surface area contributed by atoms with Crippen LogP contribution in [0.5, 0.6) is 17.2 Å². The second kappa shape index (κ2) is 12.1. The molecule has 0 spiro atoms. The van der Waals surface area contributed by atoms with E-state index in [1.54, 1.807) is 33.5 Å². The Morgan fingerprint density at radius 1 is 0.879 bits per heavy atom. The van der Waals surface area contributed by atoms with Gasteiger partial charge in [0.15, 0.2) is 11.5 Å². The summed E-state index contributed by atoms with van der Waals surface area (Å²) in [4.78, 5) is 28.8. The van der Waals surface area contributed by atoms with E-state index in [1.807, 2.05) is 35.2 Å². The number of hydrogen-bond acceptors (Lipinski definition) is 6. The summed E-state index contributed by atoms with van der Waals surface area (Å²) in [6, 6.07) is 13.0. The molecule has 0 aromatic heterocycles. The smallest absolute Gasteiger partial charge is 0.251 e. The van der Waals surface area contributed by atoms with Crippen molar-refractivity contribution in [3.63, 3.8) is 0 Å². The first-order valence-electron chi connectivity index (χ1n) is 11.2. The minimum Gasteiger partial charge on any atom is -0.493 e. The van der Waals surface area contributed by atoms with Crippen LogP contribution in [0.15, 0.2) is 42.5 Å². The van der Waals surface area contributed by atoms with Crippen LogP contribution in [0.25, 0.3) is 0 Å². The second-order valence-electron chi connectivity index (χ2n) is 7.88. The quantitative estimate of drug-likeness (QED) is 0.555. The Hall–Kier alpha value is -3.26. The van der Waals surface area contributed by atoms with Gasteiger partial charge in [0, 0.05) is 56.8 Å². The first kappa shape index (κ1) is 24.4. The standard InChI is InChI=1S/C25H33N3O5/c1-31-21-12-11-20(23(32-2)24(21)33-3)18-27-14-16-28(17-15-27)22(29)10-7-13-26-25(30)19-8-5-4-6-9-19/h4-6,8-9,11-12H,7,10,13-18H2,1-3H3,(H,26,30). The van der Waals surface area contributed by atoms with Crippen LogP contribution in [0.1, 0.15) is 28.8 Å². The van der Waals surface area contributed by atoms with Crippen LogP contribution in [0.3, 0.4) is 0 Å². The van der Waals surface area contributed by atoms with Crippen LogP contribution in [0, 0.1) is 0 Å². The zero-order valence-corrected chi connectivity index (χ0v) is 19.6. The molecule has 0 bridgehead atoms. The lowest BCUT2D eigenvalue weighted by Gasteiger charge is -2.35. The van der Waals surface area contributed by atoms with Crippen LogP contribution in [0.2, 0.25) is 0 Å². The minimum atomic E-state index is -0.109. The topological polar surface area (TPSA) is 80.3 Å². The Balaban J connectivity index is 1.42. The zero-order valence-electron chi connectivity index (χ0n) is 19.6. The average molecular weight is 456 g/mol. The van der Waals surface area contributed by atoms with Crippen LogP contribution >= 0.6 is 0 Å². The first-order chi connectivity index (χ1) is 16.1. The molecule has 1 fully saturated rings. The SMILES string of the molecule is COc1ccc(CN2CCN(C(=O)CCCNC(=O)c3ccccc3)CC2)c(OC)c1OC. The van der Waals surface area contributed by atoms with Gasteiger partial charge in [0.2, 0.25) is 11.7 Å². The predicted octanol–water partition coefficient (Wildman–Crippen LogP) is 2.57. The van der Waals surface area contributed by atoms with Crippen LogP contribution < -0.4 is 19.5 Å². The summed E-state index contributed by atoms with van der Waals surface area (Å²) in [5.74, 6) is 1.92. The molecule has 0 saturated carbocycles. The van der Waals surface area contributed by atoms with Gasteiger partial charge in [-0.2, -0.15) is 0 Å². The summed E-state index contributed by atoms with van der Waals surface area (Å²) in [6.07, 6.45) is 1.05. The van der Waals surface area contributed by atoms with Crippen molar-refractivity contribution in [1.29, 1.82) is 0 Å². The molecule has 178 valence electrons. The van der Waals surface area contributed by atoms with E-state index in [9.17, 15) is 9.59 Å². The fourth-order valence-corrected chi connectivity index (χ4v) is 3.98. The largest absolute Gasteiger partial charge is 0.493 e. The summed E-state index contributed by atoms with van der Waals surface area (Å²) in [5, 5.41) is 2.87. The van der Waals surface area contributed by atoms with E-state index in [2.05, 4.69) is 10.2 Å². The highest BCUT2D eigenvalue weighted by atomic mass is 16.5. The highest BCUT2D eigenvalue weighted by molar-refractivity contribution is 5.94. The number of nitrogens with one attached hydrogen (secondary N) is 1. The Morgan fingerprint density at radius 2 is 1.58 bits per heavy atom. The van der Waals surface area contributed by atoms with Crippen molar-refractivity contribution in [2.24, 2.45) is 0 Å². The third-order valence-corrected chi connectivity index (χ3v) is 5.79. The third-order valence-electron chi connectivity index (χ3n) is 5.79. The van der Waals surface area contributed by atoms with E-state index in [0.717, 1.165) is 18.7 Å². The molecule has 1 saturated heterocycles. The maximum Gasteiger partial charge on any atom is 0.251 e. The van der Waals surface area contributed by atoms with E-state index >= 15 is 0 Å². The van der Waals surface area contributed by atoms with Gasteiger partial charge in [0.05, 0.1) is 21.3 Å². The van der Waals surface area contributed by atoms with Crippen molar-refractivity contribution in [3.05, 3.63) is 53.6 Å². The normalized spacial score (nSPS) is 14.0. The summed E-state index contributed by atoms with van der Waals surface area (Å²) in [5.41, 5.74) is 1.65. The summed E-state index contributed by atoms with van der Waals surface area (Å²) >= 11 is 0. The molecule has 1 heterocycles. The van der Waals surface area contributed by atoms with Gasteiger partial charge in [-0.1, -0.05) is 24.3 Å². The van der Waals surface area contributed by atoms with Gasteiger partial charge < -0.3 is 24.4 Å².